The van der Waals surface area contributed by atoms with Crippen molar-refractivity contribution < 1.29 is 19.7 Å². The maximum atomic E-state index is 10.5. The van der Waals surface area contributed by atoms with Crippen LogP contribution < -0.4 is 0 Å². The Hall–Kier alpha value is -0.560. The maximum absolute atomic E-state index is 10.5. The molecule has 0 aromatic heterocycles. The summed E-state index contributed by atoms with van der Waals surface area (Å²) in [4.78, 5) is 10.5. The van der Waals surface area contributed by atoms with E-state index < -0.39 is 30.6 Å². The quantitative estimate of drug-likeness (QED) is 0.650. The smallest absolute Gasteiger partial charge is 0.185 e. The Morgan fingerprint density at radius 2 is 2.07 bits per heavy atom. The van der Waals surface area contributed by atoms with Gasteiger partial charge in [0.2, 0.25) is 0 Å². The van der Waals surface area contributed by atoms with Gasteiger partial charge in [-0.3, -0.25) is 0 Å². The highest BCUT2D eigenvalue weighted by Gasteiger charge is 2.45. The molecule has 0 amide bonds. The van der Waals surface area contributed by atoms with E-state index in [1.54, 1.807) is 0 Å². The van der Waals surface area contributed by atoms with Crippen LogP contribution in [-0.2, 0) is 9.47 Å². The summed E-state index contributed by atoms with van der Waals surface area (Å²) >= 11 is 0. The van der Waals surface area contributed by atoms with Gasteiger partial charge in [0.1, 0.15) is 12.2 Å². The second-order valence-electron chi connectivity index (χ2n) is 3.64. The molecule has 0 bridgehead atoms. The molecule has 1 aliphatic rings. The number of hydrogen-bond acceptors (Lipinski definition) is 6. The number of hydrogen-bond donors (Lipinski definition) is 2. The third-order valence-electron chi connectivity index (χ3n) is 2.60. The van der Waals surface area contributed by atoms with Crippen molar-refractivity contribution >= 4 is 0 Å². The van der Waals surface area contributed by atoms with Crippen LogP contribution in [0.25, 0.3) is 0 Å². The average Bonchev–Trinajstić information content (AvgIpc) is 2.23. The van der Waals surface area contributed by atoms with E-state index in [1.807, 2.05) is 6.92 Å². The van der Waals surface area contributed by atoms with Gasteiger partial charge in [-0.2, -0.15) is 4.91 Å². The Balaban J connectivity index is 2.74. The first kappa shape index (κ1) is 12.5. The van der Waals surface area contributed by atoms with E-state index in [0.29, 0.717) is 6.42 Å². The highest BCUT2D eigenvalue weighted by Crippen LogP contribution is 2.26. The molecule has 88 valence electrons. The lowest BCUT2D eigenvalue weighted by molar-refractivity contribution is -0.263. The zero-order valence-corrected chi connectivity index (χ0v) is 8.87. The largest absolute Gasteiger partial charge is 0.388 e. The molecule has 1 saturated heterocycles. The van der Waals surface area contributed by atoms with E-state index in [2.05, 4.69) is 5.18 Å². The second-order valence-corrected chi connectivity index (χ2v) is 3.64. The molecular weight excluding hydrogens is 202 g/mol. The van der Waals surface area contributed by atoms with Crippen molar-refractivity contribution in [3.05, 3.63) is 4.91 Å². The van der Waals surface area contributed by atoms with Crippen LogP contribution >= 0.6 is 0 Å². The minimum Gasteiger partial charge on any atom is -0.388 e. The van der Waals surface area contributed by atoms with Crippen LogP contribution in [0.3, 0.4) is 0 Å². The summed E-state index contributed by atoms with van der Waals surface area (Å²) in [5.74, 6) is 0. The second kappa shape index (κ2) is 5.50. The Morgan fingerprint density at radius 1 is 1.40 bits per heavy atom. The standard InChI is InChI=1S/C9H17NO5/c1-3-4-5-7(11)6(10-13)8(12)9(14-2)15-5/h5-9,11-12H,3-4H2,1-2H3/t5?,6?,7-,8-,9?/m1/s1. The Morgan fingerprint density at radius 3 is 2.53 bits per heavy atom. The van der Waals surface area contributed by atoms with Crippen molar-refractivity contribution in [2.24, 2.45) is 5.18 Å². The lowest BCUT2D eigenvalue weighted by Gasteiger charge is -2.39. The zero-order valence-electron chi connectivity index (χ0n) is 8.87. The molecule has 0 aromatic carbocycles. The molecule has 0 radical (unpaired) electrons. The van der Waals surface area contributed by atoms with Gasteiger partial charge in [-0.25, -0.2) is 0 Å². The number of nitroso groups, excluding NO2 is 1. The predicted molar refractivity (Wildman–Crippen MR) is 52.2 cm³/mol. The summed E-state index contributed by atoms with van der Waals surface area (Å²) in [5.41, 5.74) is 0. The normalized spacial score (nSPS) is 41.5. The first-order valence-electron chi connectivity index (χ1n) is 5.02. The van der Waals surface area contributed by atoms with E-state index in [0.717, 1.165) is 6.42 Å². The molecule has 0 saturated carbocycles. The summed E-state index contributed by atoms with van der Waals surface area (Å²) in [6.07, 6.45) is -2.28. The van der Waals surface area contributed by atoms with Crippen LogP contribution in [0.1, 0.15) is 19.8 Å². The third kappa shape index (κ3) is 2.52. The number of methoxy groups -OCH3 is 1. The lowest BCUT2D eigenvalue weighted by atomic mass is 9.94. The van der Waals surface area contributed by atoms with Crippen LogP contribution in [0.2, 0.25) is 0 Å². The molecule has 1 fully saturated rings. The summed E-state index contributed by atoms with van der Waals surface area (Å²) < 4.78 is 10.2. The fourth-order valence-electron chi connectivity index (χ4n) is 1.76. The van der Waals surface area contributed by atoms with Gasteiger partial charge < -0.3 is 19.7 Å². The monoisotopic (exact) mass is 219 g/mol. The predicted octanol–water partition coefficient (Wildman–Crippen LogP) is 0.0146. The van der Waals surface area contributed by atoms with Crippen molar-refractivity contribution in [3.63, 3.8) is 0 Å². The minimum absolute atomic E-state index is 0.508. The van der Waals surface area contributed by atoms with Gasteiger partial charge in [0.05, 0.1) is 6.10 Å². The van der Waals surface area contributed by atoms with E-state index in [4.69, 9.17) is 9.47 Å². The summed E-state index contributed by atoms with van der Waals surface area (Å²) in [6, 6.07) is -1.08. The van der Waals surface area contributed by atoms with Crippen LogP contribution in [0.4, 0.5) is 0 Å². The zero-order chi connectivity index (χ0) is 11.4. The van der Waals surface area contributed by atoms with Crippen LogP contribution in [-0.4, -0.2) is 48.0 Å². The van der Waals surface area contributed by atoms with Crippen molar-refractivity contribution in [1.29, 1.82) is 0 Å². The molecule has 0 spiro atoms. The number of aliphatic hydroxyl groups excluding tert-OH is 2. The van der Waals surface area contributed by atoms with Crippen molar-refractivity contribution in [3.8, 4) is 0 Å². The van der Waals surface area contributed by atoms with Crippen LogP contribution in [0, 0.1) is 4.91 Å². The molecule has 5 atom stereocenters. The molecule has 0 aromatic rings. The van der Waals surface area contributed by atoms with Gasteiger partial charge in [-0.1, -0.05) is 18.5 Å². The highest BCUT2D eigenvalue weighted by atomic mass is 16.7. The number of aliphatic hydroxyl groups is 2. The van der Waals surface area contributed by atoms with E-state index in [-0.39, 0.29) is 0 Å². The van der Waals surface area contributed by atoms with Crippen molar-refractivity contribution in [2.75, 3.05) is 7.11 Å². The summed E-state index contributed by atoms with van der Waals surface area (Å²) in [7, 11) is 1.37. The fourth-order valence-corrected chi connectivity index (χ4v) is 1.76. The molecule has 1 aliphatic heterocycles. The average molecular weight is 219 g/mol. The van der Waals surface area contributed by atoms with Gasteiger partial charge in [0.15, 0.2) is 12.3 Å². The molecular formula is C9H17NO5. The summed E-state index contributed by atoms with van der Waals surface area (Å²) in [6.45, 7) is 1.94. The first-order chi connectivity index (χ1) is 7.15. The van der Waals surface area contributed by atoms with Gasteiger partial charge in [0.25, 0.3) is 0 Å². The highest BCUT2D eigenvalue weighted by molar-refractivity contribution is 4.93. The topological polar surface area (TPSA) is 88.4 Å². The molecule has 6 nitrogen and oxygen atoms in total. The Kier molecular flexibility index (Phi) is 4.59. The van der Waals surface area contributed by atoms with E-state index in [9.17, 15) is 15.1 Å². The molecule has 2 N–H and O–H groups in total. The van der Waals surface area contributed by atoms with Gasteiger partial charge in [-0.15, -0.1) is 0 Å². The van der Waals surface area contributed by atoms with E-state index >= 15 is 0 Å². The number of nitrogens with zero attached hydrogens (tertiary/aromatic N) is 1. The molecule has 15 heavy (non-hydrogen) atoms. The molecule has 1 rings (SSSR count). The van der Waals surface area contributed by atoms with Crippen molar-refractivity contribution in [2.45, 2.75) is 50.4 Å². The van der Waals surface area contributed by atoms with Gasteiger partial charge in [-0.05, 0) is 6.42 Å². The van der Waals surface area contributed by atoms with E-state index in [1.165, 1.54) is 7.11 Å². The SMILES string of the molecule is CCCC1OC(OC)[C@H](O)C(N=O)[C@@H]1O. The molecule has 1 heterocycles. The molecule has 0 aliphatic carbocycles. The van der Waals surface area contributed by atoms with Crippen LogP contribution in [0.15, 0.2) is 5.18 Å². The van der Waals surface area contributed by atoms with Gasteiger partial charge in [0, 0.05) is 7.11 Å². The maximum Gasteiger partial charge on any atom is 0.185 e. The molecule has 3 unspecified atom stereocenters. The minimum atomic E-state index is -1.21. The van der Waals surface area contributed by atoms with Gasteiger partial charge >= 0.3 is 0 Å². The lowest BCUT2D eigenvalue weighted by Crippen LogP contribution is -2.57. The van der Waals surface area contributed by atoms with Crippen LogP contribution in [0.5, 0.6) is 0 Å². The third-order valence-corrected chi connectivity index (χ3v) is 2.60. The Bertz CT molecular complexity index is 213. The number of rotatable bonds is 4. The fraction of sp³-hybridized carbons (Fsp3) is 1.00. The first-order valence-corrected chi connectivity index (χ1v) is 5.02. The molecule has 6 heteroatoms. The van der Waals surface area contributed by atoms with Crippen molar-refractivity contribution in [1.82, 2.24) is 0 Å². The summed E-state index contributed by atoms with van der Waals surface area (Å²) in [5, 5.41) is 22.0. The number of ether oxygens (including phenoxy) is 2. The Labute approximate surface area is 88.2 Å².